The Morgan fingerprint density at radius 1 is 1.00 bits per heavy atom. The van der Waals surface area contributed by atoms with Crippen molar-refractivity contribution in [3.63, 3.8) is 0 Å². The van der Waals surface area contributed by atoms with E-state index in [0.29, 0.717) is 0 Å². The Hall–Kier alpha value is -2.06. The van der Waals surface area contributed by atoms with Gasteiger partial charge in [-0.25, -0.2) is 5.11 Å². The minimum Gasteiger partial charge on any atom is -0.398 e. The third-order valence-electron chi connectivity index (χ3n) is 2.57. The topological polar surface area (TPSA) is 45.9 Å². The summed E-state index contributed by atoms with van der Waals surface area (Å²) in [7, 11) is 0. The minimum atomic E-state index is -0.185. The zero-order valence-electron chi connectivity index (χ0n) is 9.47. The van der Waals surface area contributed by atoms with Crippen LogP contribution < -0.4 is 5.73 Å². The molecule has 0 unspecified atom stereocenters. The standard InChI is InChI=1S/C15H14NO/c16-15-7-2-1-6-14(15)9-8-12-4-3-5-13(10-12)11-17/h1-10H,11,16H2. The normalized spacial score (nSPS) is 10.9. The van der Waals surface area contributed by atoms with E-state index in [1.54, 1.807) is 0 Å². The van der Waals surface area contributed by atoms with Crippen LogP contribution in [0, 0.1) is 0 Å². The van der Waals surface area contributed by atoms with E-state index in [1.807, 2.05) is 60.7 Å². The van der Waals surface area contributed by atoms with Gasteiger partial charge in [-0.1, -0.05) is 48.6 Å². The molecule has 0 aliphatic heterocycles. The lowest BCUT2D eigenvalue weighted by molar-refractivity contribution is 0.177. The van der Waals surface area contributed by atoms with E-state index >= 15 is 0 Å². The van der Waals surface area contributed by atoms with E-state index in [2.05, 4.69) is 0 Å². The summed E-state index contributed by atoms with van der Waals surface area (Å²) in [4.78, 5) is 0. The Kier molecular flexibility index (Phi) is 3.58. The van der Waals surface area contributed by atoms with E-state index in [4.69, 9.17) is 5.73 Å². The molecule has 0 atom stereocenters. The van der Waals surface area contributed by atoms with Gasteiger partial charge in [0.25, 0.3) is 0 Å². The lowest BCUT2D eigenvalue weighted by Gasteiger charge is -2.00. The van der Waals surface area contributed by atoms with Gasteiger partial charge in [0.15, 0.2) is 0 Å². The van der Waals surface area contributed by atoms with Crippen LogP contribution in [0.4, 0.5) is 5.69 Å². The molecule has 0 aliphatic carbocycles. The van der Waals surface area contributed by atoms with Crippen LogP contribution in [0.15, 0.2) is 48.5 Å². The minimum absolute atomic E-state index is 0.185. The van der Waals surface area contributed by atoms with E-state index in [9.17, 15) is 5.11 Å². The molecule has 0 spiro atoms. The SMILES string of the molecule is Nc1ccccc1C=Cc1cccc(C[O])c1. The van der Waals surface area contributed by atoms with Gasteiger partial charge in [-0.2, -0.15) is 0 Å². The molecular formula is C15H14NO. The summed E-state index contributed by atoms with van der Waals surface area (Å²) in [6.07, 6.45) is 3.92. The van der Waals surface area contributed by atoms with Crippen molar-refractivity contribution in [3.8, 4) is 0 Å². The maximum absolute atomic E-state index is 10.8. The third-order valence-corrected chi connectivity index (χ3v) is 2.57. The molecular weight excluding hydrogens is 210 g/mol. The average Bonchev–Trinajstić information content (AvgIpc) is 2.38. The molecule has 17 heavy (non-hydrogen) atoms. The molecule has 85 valence electrons. The van der Waals surface area contributed by atoms with Crippen molar-refractivity contribution in [2.45, 2.75) is 6.61 Å². The van der Waals surface area contributed by atoms with Gasteiger partial charge in [0.05, 0.1) is 0 Å². The molecule has 0 heterocycles. The zero-order chi connectivity index (χ0) is 12.1. The third kappa shape index (κ3) is 2.95. The van der Waals surface area contributed by atoms with Crippen LogP contribution in [-0.4, -0.2) is 0 Å². The molecule has 0 aliphatic rings. The molecule has 2 nitrogen and oxygen atoms in total. The van der Waals surface area contributed by atoms with Gasteiger partial charge < -0.3 is 5.73 Å². The van der Waals surface area contributed by atoms with Gasteiger partial charge in [0.1, 0.15) is 6.61 Å². The molecule has 0 amide bonds. The number of anilines is 1. The van der Waals surface area contributed by atoms with Gasteiger partial charge >= 0.3 is 0 Å². The number of rotatable bonds is 3. The van der Waals surface area contributed by atoms with Crippen molar-refractivity contribution in [3.05, 3.63) is 65.2 Å². The fourth-order valence-corrected chi connectivity index (χ4v) is 1.64. The highest BCUT2D eigenvalue weighted by Crippen LogP contribution is 2.15. The predicted octanol–water partition coefficient (Wildman–Crippen LogP) is 3.37. The highest BCUT2D eigenvalue weighted by molar-refractivity contribution is 5.75. The number of nitrogen functional groups attached to an aromatic ring is 1. The lowest BCUT2D eigenvalue weighted by atomic mass is 10.1. The predicted molar refractivity (Wildman–Crippen MR) is 70.6 cm³/mol. The molecule has 1 radical (unpaired) electrons. The largest absolute Gasteiger partial charge is 0.398 e. The van der Waals surface area contributed by atoms with Crippen molar-refractivity contribution >= 4 is 17.8 Å². The average molecular weight is 224 g/mol. The molecule has 2 aromatic carbocycles. The van der Waals surface area contributed by atoms with E-state index in [0.717, 1.165) is 22.4 Å². The summed E-state index contributed by atoms with van der Waals surface area (Å²) in [6.45, 7) is -0.185. The quantitative estimate of drug-likeness (QED) is 0.630. The van der Waals surface area contributed by atoms with E-state index < -0.39 is 0 Å². The molecule has 0 aromatic heterocycles. The summed E-state index contributed by atoms with van der Waals surface area (Å²) >= 11 is 0. The van der Waals surface area contributed by atoms with E-state index in [-0.39, 0.29) is 6.61 Å². The molecule has 0 saturated heterocycles. The molecule has 2 aromatic rings. The van der Waals surface area contributed by atoms with Crippen LogP contribution >= 0.6 is 0 Å². The highest BCUT2D eigenvalue weighted by atomic mass is 16.3. The van der Waals surface area contributed by atoms with Crippen LogP contribution in [0.3, 0.4) is 0 Å². The fourth-order valence-electron chi connectivity index (χ4n) is 1.64. The second-order valence-corrected chi connectivity index (χ2v) is 3.85. The first-order valence-electron chi connectivity index (χ1n) is 5.49. The first kappa shape index (κ1) is 11.4. The van der Waals surface area contributed by atoms with Crippen LogP contribution in [0.1, 0.15) is 16.7 Å². The van der Waals surface area contributed by atoms with E-state index in [1.165, 1.54) is 0 Å². The molecule has 2 N–H and O–H groups in total. The Morgan fingerprint density at radius 3 is 2.59 bits per heavy atom. The number of para-hydroxylation sites is 1. The van der Waals surface area contributed by atoms with Crippen molar-refractivity contribution < 1.29 is 5.11 Å². The Balaban J connectivity index is 2.23. The Labute approximate surface area is 101 Å². The van der Waals surface area contributed by atoms with Gasteiger partial charge in [-0.05, 0) is 28.8 Å². The summed E-state index contributed by atoms with van der Waals surface area (Å²) < 4.78 is 0. The molecule has 0 saturated carbocycles. The van der Waals surface area contributed by atoms with Crippen molar-refractivity contribution in [1.29, 1.82) is 0 Å². The van der Waals surface area contributed by atoms with Crippen molar-refractivity contribution in [2.75, 3.05) is 5.73 Å². The molecule has 0 bridgehead atoms. The first-order valence-corrected chi connectivity index (χ1v) is 5.49. The molecule has 2 rings (SSSR count). The zero-order valence-corrected chi connectivity index (χ0v) is 9.47. The summed E-state index contributed by atoms with van der Waals surface area (Å²) in [5, 5.41) is 10.8. The van der Waals surface area contributed by atoms with Gasteiger partial charge in [-0.15, -0.1) is 0 Å². The lowest BCUT2D eigenvalue weighted by Crippen LogP contribution is -1.87. The first-order chi connectivity index (χ1) is 8.29. The summed E-state index contributed by atoms with van der Waals surface area (Å²) in [5.41, 5.74) is 9.39. The van der Waals surface area contributed by atoms with Crippen LogP contribution in [-0.2, 0) is 11.7 Å². The highest BCUT2D eigenvalue weighted by Gasteiger charge is 1.94. The molecule has 2 heteroatoms. The van der Waals surface area contributed by atoms with Crippen LogP contribution in [0.2, 0.25) is 0 Å². The Morgan fingerprint density at radius 2 is 1.82 bits per heavy atom. The second kappa shape index (κ2) is 5.32. The van der Waals surface area contributed by atoms with Crippen LogP contribution in [0.25, 0.3) is 12.2 Å². The van der Waals surface area contributed by atoms with Gasteiger partial charge in [0.2, 0.25) is 0 Å². The fraction of sp³-hybridized carbons (Fsp3) is 0.0667. The number of hydrogen-bond acceptors (Lipinski definition) is 1. The Bertz CT molecular complexity index is 532. The summed E-state index contributed by atoms with van der Waals surface area (Å²) in [6, 6.07) is 15.3. The second-order valence-electron chi connectivity index (χ2n) is 3.85. The maximum Gasteiger partial charge on any atom is 0.107 e. The number of hydrogen-bond donors (Lipinski definition) is 1. The number of nitrogens with two attached hydrogens (primary N) is 1. The maximum atomic E-state index is 10.8. The van der Waals surface area contributed by atoms with Crippen LogP contribution in [0.5, 0.6) is 0 Å². The van der Waals surface area contributed by atoms with Gasteiger partial charge in [-0.3, -0.25) is 0 Å². The molecule has 0 fully saturated rings. The smallest absolute Gasteiger partial charge is 0.107 e. The van der Waals surface area contributed by atoms with Crippen molar-refractivity contribution in [1.82, 2.24) is 0 Å². The summed E-state index contributed by atoms with van der Waals surface area (Å²) in [5.74, 6) is 0. The number of benzene rings is 2. The van der Waals surface area contributed by atoms with Gasteiger partial charge in [0, 0.05) is 5.69 Å². The monoisotopic (exact) mass is 224 g/mol. The van der Waals surface area contributed by atoms with Crippen molar-refractivity contribution in [2.24, 2.45) is 0 Å².